The van der Waals surface area contributed by atoms with Crippen LogP contribution in [0.15, 0.2) is 36.0 Å². The van der Waals surface area contributed by atoms with Gasteiger partial charge in [0.25, 0.3) is 5.91 Å². The molecular weight excluding hydrogens is 283 g/mol. The molecule has 1 aromatic rings. The lowest BCUT2D eigenvalue weighted by Gasteiger charge is -2.41. The number of carbonyl (C=O) groups excluding carboxylic acids is 2. The molecule has 1 saturated heterocycles. The topological polar surface area (TPSA) is 49.4 Å². The highest BCUT2D eigenvalue weighted by atomic mass is 19.1. The van der Waals surface area contributed by atoms with Crippen molar-refractivity contribution in [3.05, 3.63) is 47.4 Å². The number of halogens is 1. The van der Waals surface area contributed by atoms with E-state index < -0.39 is 0 Å². The zero-order valence-corrected chi connectivity index (χ0v) is 12.6. The molecule has 1 unspecified atom stereocenters. The van der Waals surface area contributed by atoms with Gasteiger partial charge in [0.05, 0.1) is 0 Å². The lowest BCUT2D eigenvalue weighted by atomic mass is 9.77. The van der Waals surface area contributed by atoms with Crippen molar-refractivity contribution in [2.75, 3.05) is 13.6 Å². The van der Waals surface area contributed by atoms with Crippen molar-refractivity contribution in [3.8, 4) is 0 Å². The lowest BCUT2D eigenvalue weighted by Crippen LogP contribution is -2.46. The number of likely N-dealkylation sites (tertiary alicyclic amines) is 1. The smallest absolute Gasteiger partial charge is 0.251 e. The summed E-state index contributed by atoms with van der Waals surface area (Å²) in [6.45, 7) is 0.507. The third kappa shape index (κ3) is 2.51. The van der Waals surface area contributed by atoms with Crippen molar-refractivity contribution in [2.45, 2.75) is 25.7 Å². The normalized spacial score (nSPS) is 24.0. The minimum atomic E-state index is -0.358. The molecule has 0 radical (unpaired) electrons. The highest BCUT2D eigenvalue weighted by molar-refractivity contribution is 5.94. The minimum absolute atomic E-state index is 0.133. The van der Waals surface area contributed by atoms with Crippen LogP contribution in [0.3, 0.4) is 0 Å². The molecule has 1 atom stereocenters. The van der Waals surface area contributed by atoms with E-state index in [-0.39, 0.29) is 23.0 Å². The zero-order valence-electron chi connectivity index (χ0n) is 12.6. The van der Waals surface area contributed by atoms with Crippen LogP contribution in [-0.2, 0) is 4.79 Å². The van der Waals surface area contributed by atoms with E-state index in [1.807, 2.05) is 0 Å². The molecule has 0 aromatic heterocycles. The summed E-state index contributed by atoms with van der Waals surface area (Å²) in [6.07, 6.45) is 5.26. The molecule has 116 valence electrons. The van der Waals surface area contributed by atoms with E-state index in [9.17, 15) is 14.0 Å². The Morgan fingerprint density at radius 1 is 1.32 bits per heavy atom. The van der Waals surface area contributed by atoms with E-state index >= 15 is 0 Å². The van der Waals surface area contributed by atoms with Gasteiger partial charge in [0.15, 0.2) is 0 Å². The molecule has 3 rings (SSSR count). The van der Waals surface area contributed by atoms with E-state index in [1.54, 1.807) is 11.9 Å². The molecule has 4 nitrogen and oxygen atoms in total. The summed E-state index contributed by atoms with van der Waals surface area (Å²) in [5.41, 5.74) is 1.34. The Labute approximate surface area is 129 Å². The molecule has 22 heavy (non-hydrogen) atoms. The number of piperidine rings is 1. The van der Waals surface area contributed by atoms with Gasteiger partial charge >= 0.3 is 0 Å². The van der Waals surface area contributed by atoms with Gasteiger partial charge in [0.1, 0.15) is 5.82 Å². The van der Waals surface area contributed by atoms with Crippen LogP contribution in [0.5, 0.6) is 0 Å². The highest BCUT2D eigenvalue weighted by Crippen LogP contribution is 2.46. The number of amides is 2. The molecule has 0 bridgehead atoms. The van der Waals surface area contributed by atoms with Crippen LogP contribution in [0.1, 0.15) is 36.0 Å². The van der Waals surface area contributed by atoms with Crippen molar-refractivity contribution in [1.29, 1.82) is 0 Å². The third-order valence-corrected chi connectivity index (χ3v) is 4.75. The monoisotopic (exact) mass is 302 g/mol. The predicted octanol–water partition coefficient (Wildman–Crippen LogP) is 2.47. The molecule has 2 amide bonds. The van der Waals surface area contributed by atoms with E-state index in [2.05, 4.69) is 11.4 Å². The first-order chi connectivity index (χ1) is 10.5. The van der Waals surface area contributed by atoms with Crippen LogP contribution in [0.2, 0.25) is 0 Å². The first-order valence-corrected chi connectivity index (χ1v) is 7.53. The summed E-state index contributed by atoms with van der Waals surface area (Å²) in [4.78, 5) is 25.8. The maximum absolute atomic E-state index is 12.9. The summed E-state index contributed by atoms with van der Waals surface area (Å²) in [7, 11) is 1.80. The summed E-state index contributed by atoms with van der Waals surface area (Å²) in [5.74, 6) is -0.433. The van der Waals surface area contributed by atoms with E-state index in [0.29, 0.717) is 18.5 Å². The van der Waals surface area contributed by atoms with Crippen molar-refractivity contribution in [1.82, 2.24) is 10.2 Å². The van der Waals surface area contributed by atoms with E-state index in [0.717, 1.165) is 25.0 Å². The predicted molar refractivity (Wildman–Crippen MR) is 80.5 cm³/mol. The molecule has 1 aromatic carbocycles. The number of hydrogen-bond donors (Lipinski definition) is 1. The molecule has 1 fully saturated rings. The second-order valence-electron chi connectivity index (χ2n) is 6.05. The van der Waals surface area contributed by atoms with Crippen molar-refractivity contribution < 1.29 is 14.0 Å². The third-order valence-electron chi connectivity index (χ3n) is 4.75. The summed E-state index contributed by atoms with van der Waals surface area (Å²) in [5, 5.41) is 2.95. The number of nitrogens with one attached hydrogen (secondary N) is 1. The van der Waals surface area contributed by atoms with Gasteiger partial charge in [-0.2, -0.15) is 0 Å². The summed E-state index contributed by atoms with van der Waals surface area (Å²) >= 11 is 0. The van der Waals surface area contributed by atoms with Crippen LogP contribution < -0.4 is 5.32 Å². The van der Waals surface area contributed by atoms with Gasteiger partial charge in [0, 0.05) is 36.7 Å². The van der Waals surface area contributed by atoms with Gasteiger partial charge < -0.3 is 10.2 Å². The Balaban J connectivity index is 1.70. The molecule has 1 N–H and O–H groups in total. The quantitative estimate of drug-likeness (QED) is 0.932. The van der Waals surface area contributed by atoms with Crippen LogP contribution in [0.25, 0.3) is 0 Å². The Bertz CT molecular complexity index is 639. The Kier molecular flexibility index (Phi) is 3.72. The van der Waals surface area contributed by atoms with Crippen molar-refractivity contribution in [2.24, 2.45) is 5.41 Å². The van der Waals surface area contributed by atoms with Crippen LogP contribution in [0, 0.1) is 11.2 Å². The van der Waals surface area contributed by atoms with Crippen LogP contribution in [-0.4, -0.2) is 30.3 Å². The number of allylic oxidation sites excluding steroid dienone is 1. The number of rotatable bonds is 3. The second-order valence-corrected chi connectivity index (χ2v) is 6.05. The van der Waals surface area contributed by atoms with Crippen molar-refractivity contribution >= 4 is 11.8 Å². The zero-order chi connectivity index (χ0) is 15.7. The molecule has 5 heteroatoms. The Morgan fingerprint density at radius 2 is 2.05 bits per heavy atom. The number of benzene rings is 1. The minimum Gasteiger partial charge on any atom is -0.351 e. The summed E-state index contributed by atoms with van der Waals surface area (Å²) in [6, 6.07) is 5.51. The van der Waals surface area contributed by atoms with Gasteiger partial charge in [-0.3, -0.25) is 9.59 Å². The van der Waals surface area contributed by atoms with E-state index in [1.165, 1.54) is 24.3 Å². The van der Waals surface area contributed by atoms with Gasteiger partial charge in [-0.1, -0.05) is 6.08 Å². The van der Waals surface area contributed by atoms with Crippen LogP contribution in [0.4, 0.5) is 4.39 Å². The fraction of sp³-hybridized carbons (Fsp3) is 0.412. The molecule has 1 aliphatic carbocycles. The fourth-order valence-electron chi connectivity index (χ4n) is 3.44. The molecule has 1 aliphatic heterocycles. The van der Waals surface area contributed by atoms with Gasteiger partial charge in [-0.25, -0.2) is 4.39 Å². The lowest BCUT2D eigenvalue weighted by molar-refractivity contribution is -0.131. The number of fused-ring (bicyclic) bond motifs is 1. The molecule has 1 heterocycles. The van der Waals surface area contributed by atoms with E-state index in [4.69, 9.17) is 0 Å². The molecule has 0 saturated carbocycles. The number of hydrogen-bond acceptors (Lipinski definition) is 2. The average molecular weight is 302 g/mol. The average Bonchev–Trinajstić information content (AvgIpc) is 2.95. The van der Waals surface area contributed by atoms with Gasteiger partial charge in [-0.15, -0.1) is 0 Å². The maximum atomic E-state index is 12.9. The first-order valence-electron chi connectivity index (χ1n) is 7.53. The van der Waals surface area contributed by atoms with Gasteiger partial charge in [0.2, 0.25) is 5.91 Å². The second kappa shape index (κ2) is 5.55. The summed E-state index contributed by atoms with van der Waals surface area (Å²) < 4.78 is 12.9. The SMILES string of the molecule is CN1C(=O)CCC2(CNC(=O)c3ccc(F)cc3)CCC=C12. The van der Waals surface area contributed by atoms with Gasteiger partial charge in [-0.05, 0) is 43.5 Å². The largest absolute Gasteiger partial charge is 0.351 e. The maximum Gasteiger partial charge on any atom is 0.251 e. The fourth-order valence-corrected chi connectivity index (χ4v) is 3.44. The standard InChI is InChI=1S/C17H19FN2O2/c1-20-14-3-2-9-17(14,10-8-15(20)21)11-19-16(22)12-4-6-13(18)7-5-12/h3-7H,2,8-11H2,1H3,(H,19,22). The first kappa shape index (κ1) is 14.8. The van der Waals surface area contributed by atoms with Crippen LogP contribution >= 0.6 is 0 Å². The molecular formula is C17H19FN2O2. The highest BCUT2D eigenvalue weighted by Gasteiger charge is 2.44. The molecule has 0 spiro atoms. The number of carbonyl (C=O) groups is 2. The number of nitrogens with zero attached hydrogens (tertiary/aromatic N) is 1. The van der Waals surface area contributed by atoms with Crippen molar-refractivity contribution in [3.63, 3.8) is 0 Å². The Hall–Kier alpha value is -2.17. The Morgan fingerprint density at radius 3 is 2.77 bits per heavy atom. The molecule has 2 aliphatic rings.